The maximum absolute atomic E-state index is 11.3. The normalized spacial score (nSPS) is 14.2. The monoisotopic (exact) mass is 300 g/mol. The minimum Gasteiger partial charge on any atom is -0.481 e. The molecule has 0 saturated carbocycles. The van der Waals surface area contributed by atoms with Crippen LogP contribution in [0.3, 0.4) is 0 Å². The molecule has 0 aliphatic carbocycles. The third-order valence-corrected chi connectivity index (χ3v) is 3.18. The SMILES string of the molecule is CC(C)OCC(O)CC(Cc1ccc(Cl)cc1)C(=O)O. The number of rotatable bonds is 8. The van der Waals surface area contributed by atoms with E-state index >= 15 is 0 Å². The fourth-order valence-electron chi connectivity index (χ4n) is 1.88. The van der Waals surface area contributed by atoms with Gasteiger partial charge in [-0.2, -0.15) is 0 Å². The Bertz CT molecular complexity index is 416. The van der Waals surface area contributed by atoms with Crippen molar-refractivity contribution in [1.82, 2.24) is 0 Å². The number of aliphatic hydroxyl groups is 1. The van der Waals surface area contributed by atoms with Crippen LogP contribution in [-0.2, 0) is 16.0 Å². The van der Waals surface area contributed by atoms with Crippen LogP contribution in [-0.4, -0.2) is 35.0 Å². The van der Waals surface area contributed by atoms with Gasteiger partial charge in [-0.3, -0.25) is 4.79 Å². The summed E-state index contributed by atoms with van der Waals surface area (Å²) in [6.07, 6.45) is -0.217. The van der Waals surface area contributed by atoms with E-state index in [2.05, 4.69) is 0 Å². The van der Waals surface area contributed by atoms with Gasteiger partial charge < -0.3 is 14.9 Å². The Morgan fingerprint density at radius 3 is 2.40 bits per heavy atom. The molecule has 1 rings (SSSR count). The standard InChI is InChI=1S/C15H21ClO4/c1-10(2)20-9-14(17)8-12(15(18)19)7-11-3-5-13(16)6-4-11/h3-6,10,12,14,17H,7-9H2,1-2H3,(H,18,19). The summed E-state index contributed by atoms with van der Waals surface area (Å²) in [6.45, 7) is 3.90. The third-order valence-electron chi connectivity index (χ3n) is 2.92. The minimum absolute atomic E-state index is 0.0178. The molecule has 0 heterocycles. The molecule has 4 nitrogen and oxygen atoms in total. The first-order chi connectivity index (χ1) is 9.38. The Kier molecular flexibility index (Phi) is 6.99. The molecular formula is C15H21ClO4. The largest absolute Gasteiger partial charge is 0.481 e. The predicted molar refractivity (Wildman–Crippen MR) is 78.0 cm³/mol. The quantitative estimate of drug-likeness (QED) is 0.775. The first-order valence-electron chi connectivity index (χ1n) is 6.65. The number of carboxylic acids is 1. The van der Waals surface area contributed by atoms with E-state index in [1.807, 2.05) is 13.8 Å². The van der Waals surface area contributed by atoms with Gasteiger partial charge in [-0.05, 0) is 44.4 Å². The van der Waals surface area contributed by atoms with Crippen LogP contribution < -0.4 is 0 Å². The fourth-order valence-corrected chi connectivity index (χ4v) is 2.00. The topological polar surface area (TPSA) is 66.8 Å². The van der Waals surface area contributed by atoms with E-state index in [1.54, 1.807) is 24.3 Å². The summed E-state index contributed by atoms with van der Waals surface area (Å²) in [6, 6.07) is 7.06. The number of carboxylic acid groups (broad SMARTS) is 1. The zero-order valence-corrected chi connectivity index (χ0v) is 12.5. The lowest BCUT2D eigenvalue weighted by Crippen LogP contribution is -2.26. The van der Waals surface area contributed by atoms with Crippen LogP contribution in [0.2, 0.25) is 5.02 Å². The Labute approximate surface area is 124 Å². The third kappa shape index (κ3) is 6.37. The molecule has 5 heteroatoms. The molecule has 0 aliphatic rings. The van der Waals surface area contributed by atoms with E-state index < -0.39 is 18.0 Å². The van der Waals surface area contributed by atoms with Gasteiger partial charge in [0.1, 0.15) is 0 Å². The minimum atomic E-state index is -0.913. The van der Waals surface area contributed by atoms with Crippen LogP contribution in [0.15, 0.2) is 24.3 Å². The Hall–Kier alpha value is -1.10. The number of carbonyl (C=O) groups is 1. The fraction of sp³-hybridized carbons (Fsp3) is 0.533. The average molecular weight is 301 g/mol. The average Bonchev–Trinajstić information content (AvgIpc) is 2.38. The van der Waals surface area contributed by atoms with Gasteiger partial charge in [-0.25, -0.2) is 0 Å². The predicted octanol–water partition coefficient (Wildman–Crippen LogP) is 2.76. The molecule has 0 spiro atoms. The molecule has 1 aromatic carbocycles. The highest BCUT2D eigenvalue weighted by atomic mass is 35.5. The van der Waals surface area contributed by atoms with Gasteiger partial charge in [-0.1, -0.05) is 23.7 Å². The molecule has 0 radical (unpaired) electrons. The molecule has 0 fully saturated rings. The van der Waals surface area contributed by atoms with Crippen molar-refractivity contribution in [2.75, 3.05) is 6.61 Å². The molecule has 2 unspecified atom stereocenters. The van der Waals surface area contributed by atoms with Crippen molar-refractivity contribution in [2.45, 2.75) is 38.9 Å². The van der Waals surface area contributed by atoms with Gasteiger partial charge in [0.15, 0.2) is 0 Å². The van der Waals surface area contributed by atoms with E-state index in [0.29, 0.717) is 11.4 Å². The summed E-state index contributed by atoms with van der Waals surface area (Å²) < 4.78 is 5.29. The molecule has 0 bridgehead atoms. The van der Waals surface area contributed by atoms with Gasteiger partial charge in [0.25, 0.3) is 0 Å². The molecule has 2 atom stereocenters. The van der Waals surface area contributed by atoms with Crippen LogP contribution in [0.4, 0.5) is 0 Å². The van der Waals surface area contributed by atoms with Gasteiger partial charge in [-0.15, -0.1) is 0 Å². The number of aliphatic carboxylic acids is 1. The van der Waals surface area contributed by atoms with Crippen LogP contribution in [0.25, 0.3) is 0 Å². The smallest absolute Gasteiger partial charge is 0.306 e. The molecule has 112 valence electrons. The lowest BCUT2D eigenvalue weighted by atomic mass is 9.94. The van der Waals surface area contributed by atoms with E-state index in [-0.39, 0.29) is 19.1 Å². The zero-order valence-electron chi connectivity index (χ0n) is 11.8. The van der Waals surface area contributed by atoms with E-state index in [1.165, 1.54) is 0 Å². The summed E-state index contributed by atoms with van der Waals surface area (Å²) in [7, 11) is 0. The Balaban J connectivity index is 2.56. The number of hydrogen-bond acceptors (Lipinski definition) is 3. The number of ether oxygens (including phenoxy) is 1. The molecule has 0 aromatic heterocycles. The second-order valence-corrected chi connectivity index (χ2v) is 5.57. The zero-order chi connectivity index (χ0) is 15.1. The van der Waals surface area contributed by atoms with Crippen molar-refractivity contribution in [3.63, 3.8) is 0 Å². The van der Waals surface area contributed by atoms with Crippen LogP contribution in [0.5, 0.6) is 0 Å². The number of benzene rings is 1. The maximum Gasteiger partial charge on any atom is 0.306 e. The second-order valence-electron chi connectivity index (χ2n) is 5.14. The summed E-state index contributed by atoms with van der Waals surface area (Å²) >= 11 is 5.79. The van der Waals surface area contributed by atoms with Gasteiger partial charge >= 0.3 is 5.97 Å². The highest BCUT2D eigenvalue weighted by molar-refractivity contribution is 6.30. The summed E-state index contributed by atoms with van der Waals surface area (Å²) in [5.74, 6) is -1.55. The molecule has 0 aliphatic heterocycles. The Morgan fingerprint density at radius 1 is 1.30 bits per heavy atom. The van der Waals surface area contributed by atoms with Gasteiger partial charge in [0, 0.05) is 5.02 Å². The molecule has 1 aromatic rings. The second kappa shape index (κ2) is 8.25. The number of hydrogen-bond donors (Lipinski definition) is 2. The summed E-state index contributed by atoms with van der Waals surface area (Å²) in [5.41, 5.74) is 0.888. The van der Waals surface area contributed by atoms with Gasteiger partial charge in [0.2, 0.25) is 0 Å². The lowest BCUT2D eigenvalue weighted by Gasteiger charge is -2.18. The summed E-state index contributed by atoms with van der Waals surface area (Å²) in [5, 5.41) is 19.7. The van der Waals surface area contributed by atoms with E-state index in [9.17, 15) is 15.0 Å². The molecule has 2 N–H and O–H groups in total. The Morgan fingerprint density at radius 2 is 1.90 bits per heavy atom. The van der Waals surface area contributed by atoms with Crippen molar-refractivity contribution >= 4 is 17.6 Å². The molecule has 0 amide bonds. The van der Waals surface area contributed by atoms with Crippen molar-refractivity contribution in [3.8, 4) is 0 Å². The number of halogens is 1. The molecule has 20 heavy (non-hydrogen) atoms. The van der Waals surface area contributed by atoms with Crippen molar-refractivity contribution in [1.29, 1.82) is 0 Å². The van der Waals surface area contributed by atoms with Gasteiger partial charge in [0.05, 0.1) is 24.7 Å². The van der Waals surface area contributed by atoms with Crippen molar-refractivity contribution in [2.24, 2.45) is 5.92 Å². The highest BCUT2D eigenvalue weighted by Gasteiger charge is 2.22. The summed E-state index contributed by atoms with van der Waals surface area (Å²) in [4.78, 5) is 11.3. The first-order valence-corrected chi connectivity index (χ1v) is 7.03. The molecular weight excluding hydrogens is 280 g/mol. The first kappa shape index (κ1) is 17.0. The highest BCUT2D eigenvalue weighted by Crippen LogP contribution is 2.17. The van der Waals surface area contributed by atoms with Crippen molar-refractivity contribution in [3.05, 3.63) is 34.9 Å². The van der Waals surface area contributed by atoms with E-state index in [0.717, 1.165) is 5.56 Å². The maximum atomic E-state index is 11.3. The number of aliphatic hydroxyl groups excluding tert-OH is 1. The lowest BCUT2D eigenvalue weighted by molar-refractivity contribution is -0.143. The molecule has 0 saturated heterocycles. The van der Waals surface area contributed by atoms with Crippen molar-refractivity contribution < 1.29 is 19.7 Å². The van der Waals surface area contributed by atoms with Crippen LogP contribution in [0, 0.1) is 5.92 Å². The van der Waals surface area contributed by atoms with Crippen LogP contribution >= 0.6 is 11.6 Å². The van der Waals surface area contributed by atoms with E-state index in [4.69, 9.17) is 16.3 Å². The van der Waals surface area contributed by atoms with Crippen LogP contribution in [0.1, 0.15) is 25.8 Å².